The Bertz CT molecular complexity index is 1170. The SMILES string of the molecule is Cc1ccc(S(=O)(=O)OC[C@H]2CCc3cccc(-c4cc(Cl)ccc4Cl)c3O2)cc1. The summed E-state index contributed by atoms with van der Waals surface area (Å²) < 4.78 is 36.5. The van der Waals surface area contributed by atoms with Crippen LogP contribution in [0.25, 0.3) is 11.1 Å². The summed E-state index contributed by atoms with van der Waals surface area (Å²) in [5.74, 6) is 0.689. The molecule has 4 rings (SSSR count). The predicted molar refractivity (Wildman–Crippen MR) is 119 cm³/mol. The summed E-state index contributed by atoms with van der Waals surface area (Å²) in [5, 5.41) is 1.14. The first-order chi connectivity index (χ1) is 14.3. The lowest BCUT2D eigenvalue weighted by molar-refractivity contribution is 0.113. The van der Waals surface area contributed by atoms with E-state index in [1.165, 1.54) is 0 Å². The highest BCUT2D eigenvalue weighted by molar-refractivity contribution is 7.86. The van der Waals surface area contributed by atoms with Crippen molar-refractivity contribution in [1.29, 1.82) is 0 Å². The van der Waals surface area contributed by atoms with Gasteiger partial charge in [-0.2, -0.15) is 8.42 Å². The molecule has 7 heteroatoms. The molecule has 0 radical (unpaired) electrons. The van der Waals surface area contributed by atoms with Crippen LogP contribution in [-0.4, -0.2) is 21.1 Å². The fourth-order valence-corrected chi connectivity index (χ4v) is 4.76. The van der Waals surface area contributed by atoms with Crippen molar-refractivity contribution in [1.82, 2.24) is 0 Å². The van der Waals surface area contributed by atoms with Gasteiger partial charge < -0.3 is 4.74 Å². The molecule has 3 aromatic carbocycles. The summed E-state index contributed by atoms with van der Waals surface area (Å²) in [6.45, 7) is 1.83. The highest BCUT2D eigenvalue weighted by atomic mass is 35.5. The van der Waals surface area contributed by atoms with E-state index in [1.807, 2.05) is 25.1 Å². The molecule has 0 N–H and O–H groups in total. The van der Waals surface area contributed by atoms with Crippen LogP contribution >= 0.6 is 23.2 Å². The molecule has 0 unspecified atom stereocenters. The Morgan fingerprint density at radius 1 is 1.03 bits per heavy atom. The summed E-state index contributed by atoms with van der Waals surface area (Å²) in [4.78, 5) is 0.135. The molecule has 3 aromatic rings. The second kappa shape index (κ2) is 8.60. The molecular weight excluding hydrogens is 443 g/mol. The normalized spacial score (nSPS) is 16.0. The molecule has 1 heterocycles. The zero-order chi connectivity index (χ0) is 21.3. The van der Waals surface area contributed by atoms with E-state index in [-0.39, 0.29) is 11.5 Å². The minimum Gasteiger partial charge on any atom is -0.487 e. The molecule has 0 aliphatic carbocycles. The van der Waals surface area contributed by atoms with Crippen molar-refractivity contribution in [2.75, 3.05) is 6.61 Å². The first-order valence-electron chi connectivity index (χ1n) is 9.53. The number of rotatable bonds is 5. The third kappa shape index (κ3) is 4.49. The van der Waals surface area contributed by atoms with Gasteiger partial charge in [0, 0.05) is 21.2 Å². The third-order valence-electron chi connectivity index (χ3n) is 5.05. The highest BCUT2D eigenvalue weighted by Crippen LogP contribution is 2.41. The average Bonchev–Trinajstić information content (AvgIpc) is 2.74. The van der Waals surface area contributed by atoms with Gasteiger partial charge in [0.1, 0.15) is 18.5 Å². The van der Waals surface area contributed by atoms with Crippen molar-refractivity contribution in [2.45, 2.75) is 30.8 Å². The van der Waals surface area contributed by atoms with Gasteiger partial charge in [-0.1, -0.05) is 59.1 Å². The van der Waals surface area contributed by atoms with Crippen molar-refractivity contribution in [3.8, 4) is 16.9 Å². The van der Waals surface area contributed by atoms with E-state index in [2.05, 4.69) is 0 Å². The van der Waals surface area contributed by atoms with Crippen molar-refractivity contribution >= 4 is 33.3 Å². The van der Waals surface area contributed by atoms with Crippen LogP contribution in [0.2, 0.25) is 10.0 Å². The largest absolute Gasteiger partial charge is 0.487 e. The van der Waals surface area contributed by atoms with Crippen LogP contribution in [0.4, 0.5) is 0 Å². The van der Waals surface area contributed by atoms with Gasteiger partial charge in [-0.25, -0.2) is 0 Å². The lowest BCUT2D eigenvalue weighted by Crippen LogP contribution is -2.29. The van der Waals surface area contributed by atoms with Crippen LogP contribution in [0, 0.1) is 6.92 Å². The summed E-state index contributed by atoms with van der Waals surface area (Å²) in [6.07, 6.45) is 1.01. The van der Waals surface area contributed by atoms with E-state index in [0.717, 1.165) is 28.7 Å². The number of hydrogen-bond acceptors (Lipinski definition) is 4. The van der Waals surface area contributed by atoms with Crippen LogP contribution < -0.4 is 4.74 Å². The molecule has 1 atom stereocenters. The Balaban J connectivity index is 1.55. The van der Waals surface area contributed by atoms with Crippen molar-refractivity contribution in [3.05, 3.63) is 81.8 Å². The van der Waals surface area contributed by atoms with Gasteiger partial charge in [0.15, 0.2) is 0 Å². The summed E-state index contributed by atoms with van der Waals surface area (Å²) >= 11 is 12.6. The van der Waals surface area contributed by atoms with Crippen LogP contribution in [0.15, 0.2) is 65.6 Å². The molecule has 0 saturated carbocycles. The van der Waals surface area contributed by atoms with E-state index in [0.29, 0.717) is 22.2 Å². The average molecular weight is 463 g/mol. The number of para-hydroxylation sites is 1. The summed E-state index contributed by atoms with van der Waals surface area (Å²) in [6, 6.07) is 17.7. The van der Waals surface area contributed by atoms with Gasteiger partial charge in [-0.3, -0.25) is 4.18 Å². The van der Waals surface area contributed by atoms with Crippen LogP contribution in [0.1, 0.15) is 17.5 Å². The lowest BCUT2D eigenvalue weighted by Gasteiger charge is -2.28. The van der Waals surface area contributed by atoms with Gasteiger partial charge in [-0.05, 0) is 55.7 Å². The smallest absolute Gasteiger partial charge is 0.297 e. The fraction of sp³-hybridized carbons (Fsp3) is 0.217. The van der Waals surface area contributed by atoms with E-state index in [9.17, 15) is 8.42 Å². The predicted octanol–water partition coefficient (Wildman–Crippen LogP) is 6.07. The Morgan fingerprint density at radius 2 is 1.80 bits per heavy atom. The highest BCUT2D eigenvalue weighted by Gasteiger charge is 2.26. The van der Waals surface area contributed by atoms with Gasteiger partial charge in [0.2, 0.25) is 0 Å². The Hall–Kier alpha value is -2.05. The molecule has 30 heavy (non-hydrogen) atoms. The zero-order valence-electron chi connectivity index (χ0n) is 16.3. The van der Waals surface area contributed by atoms with E-state index in [4.69, 9.17) is 32.1 Å². The maximum atomic E-state index is 12.5. The minimum absolute atomic E-state index is 0.0622. The second-order valence-corrected chi connectivity index (χ2v) is 9.71. The van der Waals surface area contributed by atoms with Crippen molar-refractivity contribution < 1.29 is 17.3 Å². The maximum Gasteiger partial charge on any atom is 0.297 e. The van der Waals surface area contributed by atoms with Crippen LogP contribution in [-0.2, 0) is 20.7 Å². The van der Waals surface area contributed by atoms with Crippen LogP contribution in [0.5, 0.6) is 5.75 Å². The monoisotopic (exact) mass is 462 g/mol. The van der Waals surface area contributed by atoms with Crippen molar-refractivity contribution in [2.24, 2.45) is 0 Å². The number of ether oxygens (including phenoxy) is 1. The molecule has 0 aromatic heterocycles. The van der Waals surface area contributed by atoms with Gasteiger partial charge in [0.25, 0.3) is 10.1 Å². The minimum atomic E-state index is -3.85. The third-order valence-corrected chi connectivity index (χ3v) is 6.91. The fourth-order valence-electron chi connectivity index (χ4n) is 3.43. The summed E-state index contributed by atoms with van der Waals surface area (Å²) in [7, 11) is -3.85. The quantitative estimate of drug-likeness (QED) is 0.431. The van der Waals surface area contributed by atoms with E-state index >= 15 is 0 Å². The van der Waals surface area contributed by atoms with Crippen LogP contribution in [0.3, 0.4) is 0 Å². The zero-order valence-corrected chi connectivity index (χ0v) is 18.6. The molecule has 0 fully saturated rings. The molecule has 0 amide bonds. The topological polar surface area (TPSA) is 52.6 Å². The molecule has 0 bridgehead atoms. The standard InChI is InChI=1S/C23H20Cl2O4S/c1-15-5-10-19(11-6-15)30(26,27)28-14-18-9-7-16-3-2-4-20(23(16)29-18)21-13-17(24)8-12-22(21)25/h2-6,8,10-13,18H,7,9,14H2,1H3/t18-/m1/s1. The lowest BCUT2D eigenvalue weighted by atomic mass is 9.96. The molecular formula is C23H20Cl2O4S. The number of hydrogen-bond donors (Lipinski definition) is 0. The Labute approximate surface area is 186 Å². The Morgan fingerprint density at radius 3 is 2.57 bits per heavy atom. The second-order valence-electron chi connectivity index (χ2n) is 7.25. The molecule has 1 aliphatic heterocycles. The number of benzene rings is 3. The molecule has 0 spiro atoms. The van der Waals surface area contributed by atoms with Gasteiger partial charge in [-0.15, -0.1) is 0 Å². The summed E-state index contributed by atoms with van der Waals surface area (Å²) in [5.41, 5.74) is 3.62. The number of fused-ring (bicyclic) bond motifs is 1. The maximum absolute atomic E-state index is 12.5. The Kier molecular flexibility index (Phi) is 6.07. The molecule has 4 nitrogen and oxygen atoms in total. The number of halogens is 2. The van der Waals surface area contributed by atoms with Crippen molar-refractivity contribution in [3.63, 3.8) is 0 Å². The first-order valence-corrected chi connectivity index (χ1v) is 11.7. The molecule has 0 saturated heterocycles. The molecule has 1 aliphatic rings. The van der Waals surface area contributed by atoms with E-state index < -0.39 is 16.2 Å². The number of aryl methyl sites for hydroxylation is 2. The molecule has 156 valence electrons. The van der Waals surface area contributed by atoms with E-state index in [1.54, 1.807) is 42.5 Å². The van der Waals surface area contributed by atoms with Gasteiger partial charge >= 0.3 is 0 Å². The van der Waals surface area contributed by atoms with Gasteiger partial charge in [0.05, 0.1) is 4.90 Å². The first kappa shape index (κ1) is 21.2.